The van der Waals surface area contributed by atoms with Gasteiger partial charge in [0.15, 0.2) is 11.5 Å². The Morgan fingerprint density at radius 1 is 1.22 bits per heavy atom. The van der Waals surface area contributed by atoms with Crippen molar-refractivity contribution in [2.75, 3.05) is 6.61 Å². The molecule has 0 radical (unpaired) electrons. The Balaban J connectivity index is 1.66. The summed E-state index contributed by atoms with van der Waals surface area (Å²) in [5.74, 6) is 0.215. The third-order valence-corrected chi connectivity index (χ3v) is 4.46. The van der Waals surface area contributed by atoms with Gasteiger partial charge >= 0.3 is 0 Å². The van der Waals surface area contributed by atoms with E-state index in [0.29, 0.717) is 36.8 Å². The summed E-state index contributed by atoms with van der Waals surface area (Å²) in [7, 11) is 0. The van der Waals surface area contributed by atoms with Crippen LogP contribution in [0.4, 0.5) is 0 Å². The molecule has 0 bridgehead atoms. The maximum Gasteiger partial charge on any atom is 0.240 e. The highest BCUT2D eigenvalue weighted by molar-refractivity contribution is 5.83. The highest BCUT2D eigenvalue weighted by Gasteiger charge is 2.15. The molecule has 27 heavy (non-hydrogen) atoms. The number of rotatable bonds is 9. The molecule has 0 unspecified atom stereocenters. The van der Waals surface area contributed by atoms with Crippen LogP contribution < -0.4 is 15.5 Å². The first kappa shape index (κ1) is 20.7. The molecule has 3 N–H and O–H groups in total. The molecule has 1 aliphatic rings. The molecular formula is C20H29N3O4. The van der Waals surface area contributed by atoms with Gasteiger partial charge in [0.25, 0.3) is 0 Å². The first-order valence-electron chi connectivity index (χ1n) is 9.65. The number of ether oxygens (including phenoxy) is 1. The molecular weight excluding hydrogens is 346 g/mol. The van der Waals surface area contributed by atoms with Crippen LogP contribution in [0.5, 0.6) is 11.5 Å². The summed E-state index contributed by atoms with van der Waals surface area (Å²) in [5, 5.41) is 16.6. The van der Waals surface area contributed by atoms with Gasteiger partial charge in [-0.05, 0) is 49.9 Å². The lowest BCUT2D eigenvalue weighted by Crippen LogP contribution is -2.36. The van der Waals surface area contributed by atoms with E-state index in [-0.39, 0.29) is 24.0 Å². The van der Waals surface area contributed by atoms with E-state index in [4.69, 9.17) is 4.74 Å². The Hall–Kier alpha value is -2.57. The van der Waals surface area contributed by atoms with Gasteiger partial charge in [-0.25, -0.2) is 5.43 Å². The summed E-state index contributed by atoms with van der Waals surface area (Å²) in [4.78, 5) is 23.7. The molecule has 1 aromatic carbocycles. The second-order valence-electron chi connectivity index (χ2n) is 6.71. The Bertz CT molecular complexity index is 655. The maximum absolute atomic E-state index is 11.9. The third kappa shape index (κ3) is 7.68. The molecule has 1 aliphatic carbocycles. The van der Waals surface area contributed by atoms with Crippen molar-refractivity contribution >= 4 is 18.0 Å². The smallest absolute Gasteiger partial charge is 0.240 e. The average Bonchev–Trinajstić information content (AvgIpc) is 2.65. The van der Waals surface area contributed by atoms with Crippen LogP contribution in [0, 0.1) is 0 Å². The summed E-state index contributed by atoms with van der Waals surface area (Å²) >= 11 is 0. The molecule has 7 nitrogen and oxygen atoms in total. The van der Waals surface area contributed by atoms with Gasteiger partial charge < -0.3 is 15.2 Å². The number of amides is 2. The van der Waals surface area contributed by atoms with E-state index >= 15 is 0 Å². The van der Waals surface area contributed by atoms with Crippen LogP contribution in [0.2, 0.25) is 0 Å². The third-order valence-electron chi connectivity index (χ3n) is 4.46. The monoisotopic (exact) mass is 375 g/mol. The highest BCUT2D eigenvalue weighted by Crippen LogP contribution is 2.26. The zero-order chi connectivity index (χ0) is 19.5. The number of phenols is 1. The van der Waals surface area contributed by atoms with E-state index in [9.17, 15) is 14.7 Å². The van der Waals surface area contributed by atoms with E-state index < -0.39 is 0 Å². The van der Waals surface area contributed by atoms with Crippen molar-refractivity contribution in [2.45, 2.75) is 64.3 Å². The van der Waals surface area contributed by atoms with Gasteiger partial charge in [-0.1, -0.05) is 19.3 Å². The Kier molecular flexibility index (Phi) is 8.61. The molecule has 7 heteroatoms. The fraction of sp³-hybridized carbons (Fsp3) is 0.550. The lowest BCUT2D eigenvalue weighted by atomic mass is 9.95. The summed E-state index contributed by atoms with van der Waals surface area (Å²) in [5.41, 5.74) is 3.15. The quantitative estimate of drug-likeness (QED) is 0.456. The van der Waals surface area contributed by atoms with E-state index in [0.717, 1.165) is 12.8 Å². The number of carbonyl (C=O) groups excluding carboxylic acids is 2. The Morgan fingerprint density at radius 3 is 2.70 bits per heavy atom. The summed E-state index contributed by atoms with van der Waals surface area (Å²) < 4.78 is 5.30. The normalized spacial score (nSPS) is 14.9. The lowest BCUT2D eigenvalue weighted by Gasteiger charge is -2.22. The van der Waals surface area contributed by atoms with Gasteiger partial charge in [0.2, 0.25) is 11.8 Å². The van der Waals surface area contributed by atoms with Crippen molar-refractivity contribution in [1.29, 1.82) is 0 Å². The van der Waals surface area contributed by atoms with E-state index in [1.165, 1.54) is 31.5 Å². The van der Waals surface area contributed by atoms with Gasteiger partial charge in [-0.2, -0.15) is 5.10 Å². The number of hydrogen-bond acceptors (Lipinski definition) is 5. The summed E-state index contributed by atoms with van der Waals surface area (Å²) in [6, 6.07) is 5.13. The van der Waals surface area contributed by atoms with Gasteiger partial charge in [-0.3, -0.25) is 9.59 Å². The van der Waals surface area contributed by atoms with Gasteiger partial charge in [-0.15, -0.1) is 0 Å². The van der Waals surface area contributed by atoms with Crippen LogP contribution in [0.25, 0.3) is 0 Å². The number of aromatic hydroxyl groups is 1. The molecule has 2 rings (SSSR count). The predicted octanol–water partition coefficient (Wildman–Crippen LogP) is 2.86. The van der Waals surface area contributed by atoms with E-state index in [2.05, 4.69) is 15.8 Å². The summed E-state index contributed by atoms with van der Waals surface area (Å²) in [6.07, 6.45) is 8.30. The molecule has 0 aliphatic heterocycles. The average molecular weight is 375 g/mol. The molecule has 148 valence electrons. The van der Waals surface area contributed by atoms with Crippen LogP contribution >= 0.6 is 0 Å². The predicted molar refractivity (Wildman–Crippen MR) is 104 cm³/mol. The van der Waals surface area contributed by atoms with Crippen molar-refractivity contribution in [1.82, 2.24) is 10.7 Å². The molecule has 0 aromatic heterocycles. The molecule has 2 amide bonds. The number of benzene rings is 1. The van der Waals surface area contributed by atoms with Crippen molar-refractivity contribution in [3.8, 4) is 11.5 Å². The van der Waals surface area contributed by atoms with Crippen molar-refractivity contribution < 1.29 is 19.4 Å². The standard InChI is InChI=1S/C20H29N3O4/c1-2-27-18-13-15(11-12-17(18)24)14-21-23-20(26)10-6-9-19(25)22-16-7-4-3-5-8-16/h11-14,16,24H,2-10H2,1H3,(H,22,25)(H,23,26)/b21-14+. The zero-order valence-corrected chi connectivity index (χ0v) is 15.9. The SMILES string of the molecule is CCOc1cc(/C=N/NC(=O)CCCC(=O)NC2CCCCC2)ccc1O. The van der Waals surface area contributed by atoms with E-state index in [1.807, 2.05) is 6.92 Å². The van der Waals surface area contributed by atoms with E-state index in [1.54, 1.807) is 12.1 Å². The van der Waals surface area contributed by atoms with Crippen molar-refractivity contribution in [3.05, 3.63) is 23.8 Å². The van der Waals surface area contributed by atoms with Crippen LogP contribution in [0.3, 0.4) is 0 Å². The Labute approximate surface area is 160 Å². The zero-order valence-electron chi connectivity index (χ0n) is 15.9. The molecule has 0 atom stereocenters. The first-order chi connectivity index (χ1) is 13.1. The van der Waals surface area contributed by atoms with Crippen LogP contribution in [-0.2, 0) is 9.59 Å². The number of carbonyl (C=O) groups is 2. The molecule has 0 saturated heterocycles. The van der Waals surface area contributed by atoms with Crippen LogP contribution in [-0.4, -0.2) is 35.8 Å². The fourth-order valence-electron chi connectivity index (χ4n) is 3.07. The second-order valence-corrected chi connectivity index (χ2v) is 6.71. The second kappa shape index (κ2) is 11.2. The Morgan fingerprint density at radius 2 is 1.96 bits per heavy atom. The molecule has 0 heterocycles. The molecule has 1 saturated carbocycles. The molecule has 1 aromatic rings. The number of nitrogens with one attached hydrogen (secondary N) is 2. The molecule has 0 spiro atoms. The van der Waals surface area contributed by atoms with Crippen molar-refractivity contribution in [2.24, 2.45) is 5.10 Å². The van der Waals surface area contributed by atoms with Crippen molar-refractivity contribution in [3.63, 3.8) is 0 Å². The van der Waals surface area contributed by atoms with Gasteiger partial charge in [0.05, 0.1) is 12.8 Å². The highest BCUT2D eigenvalue weighted by atomic mass is 16.5. The maximum atomic E-state index is 11.9. The minimum atomic E-state index is -0.236. The van der Waals surface area contributed by atoms with Gasteiger partial charge in [0.1, 0.15) is 0 Å². The molecule has 1 fully saturated rings. The minimum Gasteiger partial charge on any atom is -0.504 e. The number of hydrazone groups is 1. The van der Waals surface area contributed by atoms with Gasteiger partial charge in [0, 0.05) is 18.9 Å². The largest absolute Gasteiger partial charge is 0.504 e. The first-order valence-corrected chi connectivity index (χ1v) is 9.65. The number of phenolic OH excluding ortho intramolecular Hbond substituents is 1. The topological polar surface area (TPSA) is 100 Å². The lowest BCUT2D eigenvalue weighted by molar-refractivity contribution is -0.123. The van der Waals surface area contributed by atoms with Crippen LogP contribution in [0.15, 0.2) is 23.3 Å². The number of nitrogens with zero attached hydrogens (tertiary/aromatic N) is 1. The number of hydrogen-bond donors (Lipinski definition) is 3. The summed E-state index contributed by atoms with van der Waals surface area (Å²) in [6.45, 7) is 2.27. The fourth-order valence-corrected chi connectivity index (χ4v) is 3.07. The van der Waals surface area contributed by atoms with Crippen LogP contribution in [0.1, 0.15) is 63.9 Å². The minimum absolute atomic E-state index is 0.0192.